The van der Waals surface area contributed by atoms with Gasteiger partial charge in [-0.3, -0.25) is 9.88 Å². The highest BCUT2D eigenvalue weighted by Gasteiger charge is 2.33. The maximum atomic E-state index is 12.4. The first kappa shape index (κ1) is 19.3. The van der Waals surface area contributed by atoms with E-state index in [4.69, 9.17) is 0 Å². The molecule has 2 atom stereocenters. The molecule has 1 aromatic heterocycles. The second-order valence-corrected chi connectivity index (χ2v) is 7.49. The van der Waals surface area contributed by atoms with Crippen LogP contribution in [0.3, 0.4) is 0 Å². The number of hydrogen-bond donors (Lipinski definition) is 2. The zero-order valence-electron chi connectivity index (χ0n) is 16.1. The van der Waals surface area contributed by atoms with E-state index in [0.717, 1.165) is 31.7 Å². The van der Waals surface area contributed by atoms with Crippen LogP contribution in [0.25, 0.3) is 0 Å². The van der Waals surface area contributed by atoms with E-state index < -0.39 is 0 Å². The van der Waals surface area contributed by atoms with Crippen molar-refractivity contribution in [2.45, 2.75) is 19.1 Å². The van der Waals surface area contributed by atoms with Gasteiger partial charge in [0.15, 0.2) is 0 Å². The number of amides is 2. The molecule has 27 heavy (non-hydrogen) atoms. The van der Waals surface area contributed by atoms with Gasteiger partial charge in [0, 0.05) is 57.1 Å². The fourth-order valence-corrected chi connectivity index (χ4v) is 3.65. The fraction of sp³-hybridized carbons (Fsp3) is 0.429. The number of nitrogens with zero attached hydrogens (tertiary/aromatic N) is 3. The Labute approximate surface area is 161 Å². The van der Waals surface area contributed by atoms with Crippen LogP contribution in [0.4, 0.5) is 4.79 Å². The summed E-state index contributed by atoms with van der Waals surface area (Å²) in [6, 6.07) is 14.1. The van der Waals surface area contributed by atoms with Crippen molar-refractivity contribution < 1.29 is 4.79 Å². The molecule has 2 aromatic rings. The topological polar surface area (TPSA) is 60.5 Å². The van der Waals surface area contributed by atoms with Gasteiger partial charge in [-0.05, 0) is 37.4 Å². The van der Waals surface area contributed by atoms with Crippen LogP contribution < -0.4 is 10.6 Å². The molecule has 2 N–H and O–H groups in total. The quantitative estimate of drug-likeness (QED) is 0.785. The van der Waals surface area contributed by atoms with Crippen molar-refractivity contribution in [3.8, 4) is 0 Å². The fourth-order valence-electron chi connectivity index (χ4n) is 3.65. The molecule has 6 nitrogen and oxygen atoms in total. The Kier molecular flexibility index (Phi) is 6.79. The first-order valence-electron chi connectivity index (χ1n) is 9.44. The molecule has 0 bridgehead atoms. The van der Waals surface area contributed by atoms with Gasteiger partial charge >= 0.3 is 6.03 Å². The van der Waals surface area contributed by atoms with E-state index in [0.29, 0.717) is 12.5 Å². The van der Waals surface area contributed by atoms with Crippen molar-refractivity contribution in [1.82, 2.24) is 25.4 Å². The zero-order chi connectivity index (χ0) is 19.1. The number of aromatic nitrogens is 1. The average Bonchev–Trinajstić information content (AvgIpc) is 3.01. The third-order valence-electron chi connectivity index (χ3n) is 4.88. The smallest absolute Gasteiger partial charge is 0.315 e. The van der Waals surface area contributed by atoms with Crippen LogP contribution >= 0.6 is 0 Å². The second-order valence-electron chi connectivity index (χ2n) is 7.49. The minimum absolute atomic E-state index is 0.0987. The maximum Gasteiger partial charge on any atom is 0.315 e. The Morgan fingerprint density at radius 1 is 1.11 bits per heavy atom. The Morgan fingerprint density at radius 2 is 1.85 bits per heavy atom. The lowest BCUT2D eigenvalue weighted by molar-refractivity contribution is 0.230. The van der Waals surface area contributed by atoms with E-state index >= 15 is 0 Å². The monoisotopic (exact) mass is 367 g/mol. The van der Waals surface area contributed by atoms with Gasteiger partial charge in [-0.1, -0.05) is 30.3 Å². The number of likely N-dealkylation sites (tertiary alicyclic amines) is 1. The minimum Gasteiger partial charge on any atom is -0.334 e. The number of nitrogens with one attached hydrogen (secondary N) is 2. The molecule has 1 aliphatic rings. The van der Waals surface area contributed by atoms with Gasteiger partial charge in [0.25, 0.3) is 0 Å². The summed E-state index contributed by atoms with van der Waals surface area (Å²) in [4.78, 5) is 21.1. The molecule has 1 aliphatic heterocycles. The molecule has 1 aromatic carbocycles. The standard InChI is InChI=1S/C21H29N5O/c1-25(2)14-19-15-26(13-18-8-10-22-11-9-18)16-20(19)24-21(27)23-12-17-6-4-3-5-7-17/h3-11,19-20H,12-16H2,1-2H3,(H2,23,24,27)/t19-,20-/m1/s1. The number of benzene rings is 1. The summed E-state index contributed by atoms with van der Waals surface area (Å²) in [5.74, 6) is 0.407. The van der Waals surface area contributed by atoms with Crippen LogP contribution in [0.1, 0.15) is 11.1 Å². The van der Waals surface area contributed by atoms with E-state index in [9.17, 15) is 4.79 Å². The summed E-state index contributed by atoms with van der Waals surface area (Å²) in [5.41, 5.74) is 2.35. The highest BCUT2D eigenvalue weighted by Crippen LogP contribution is 2.20. The lowest BCUT2D eigenvalue weighted by atomic mass is 10.0. The van der Waals surface area contributed by atoms with Crippen LogP contribution in [0.5, 0.6) is 0 Å². The normalized spacial score (nSPS) is 20.0. The Balaban J connectivity index is 1.55. The van der Waals surface area contributed by atoms with Gasteiger partial charge in [0.2, 0.25) is 0 Å². The van der Waals surface area contributed by atoms with Crippen LogP contribution in [0.15, 0.2) is 54.9 Å². The van der Waals surface area contributed by atoms with Crippen molar-refractivity contribution in [2.75, 3.05) is 33.7 Å². The average molecular weight is 367 g/mol. The molecule has 0 unspecified atom stereocenters. The molecule has 1 fully saturated rings. The van der Waals surface area contributed by atoms with Crippen LogP contribution in [0.2, 0.25) is 0 Å². The summed E-state index contributed by atoms with van der Waals surface area (Å²) in [6.45, 7) is 4.22. The van der Waals surface area contributed by atoms with Gasteiger partial charge in [0.05, 0.1) is 0 Å². The summed E-state index contributed by atoms with van der Waals surface area (Å²) in [5, 5.41) is 6.16. The number of carbonyl (C=O) groups excluding carboxylic acids is 1. The number of pyridine rings is 1. The molecule has 0 saturated carbocycles. The molecule has 2 amide bonds. The van der Waals surface area contributed by atoms with E-state index in [1.807, 2.05) is 54.9 Å². The van der Waals surface area contributed by atoms with Crippen LogP contribution in [-0.2, 0) is 13.1 Å². The Morgan fingerprint density at radius 3 is 2.56 bits per heavy atom. The number of carbonyl (C=O) groups is 1. The molecule has 0 aliphatic carbocycles. The molecular formula is C21H29N5O. The molecule has 1 saturated heterocycles. The van der Waals surface area contributed by atoms with Crippen LogP contribution in [-0.4, -0.2) is 60.6 Å². The molecule has 2 heterocycles. The summed E-state index contributed by atoms with van der Waals surface area (Å²) >= 11 is 0. The zero-order valence-corrected chi connectivity index (χ0v) is 16.1. The second kappa shape index (κ2) is 9.48. The summed E-state index contributed by atoms with van der Waals surface area (Å²) in [6.07, 6.45) is 3.66. The largest absolute Gasteiger partial charge is 0.334 e. The lowest BCUT2D eigenvalue weighted by Crippen LogP contribution is -2.47. The Bertz CT molecular complexity index is 707. The third-order valence-corrected chi connectivity index (χ3v) is 4.88. The van der Waals surface area contributed by atoms with Gasteiger partial charge in [-0.25, -0.2) is 4.79 Å². The first-order valence-corrected chi connectivity index (χ1v) is 9.44. The van der Waals surface area contributed by atoms with Crippen LogP contribution in [0, 0.1) is 5.92 Å². The summed E-state index contributed by atoms with van der Waals surface area (Å²) in [7, 11) is 4.16. The lowest BCUT2D eigenvalue weighted by Gasteiger charge is -2.23. The SMILES string of the molecule is CN(C)C[C@@H]1CN(Cc2ccncc2)C[C@H]1NC(=O)NCc1ccccc1. The number of urea groups is 1. The maximum absolute atomic E-state index is 12.4. The predicted octanol–water partition coefficient (Wildman–Crippen LogP) is 1.94. The molecule has 0 spiro atoms. The van der Waals surface area contributed by atoms with Crippen molar-refractivity contribution >= 4 is 6.03 Å². The van der Waals surface area contributed by atoms with E-state index in [-0.39, 0.29) is 12.1 Å². The molecule has 144 valence electrons. The molecule has 6 heteroatoms. The van der Waals surface area contributed by atoms with Gasteiger partial charge in [-0.2, -0.15) is 0 Å². The van der Waals surface area contributed by atoms with E-state index in [1.54, 1.807) is 0 Å². The van der Waals surface area contributed by atoms with E-state index in [2.05, 4.69) is 39.5 Å². The van der Waals surface area contributed by atoms with E-state index in [1.165, 1.54) is 5.56 Å². The molecular weight excluding hydrogens is 338 g/mol. The Hall–Kier alpha value is -2.44. The minimum atomic E-state index is -0.0987. The number of rotatable bonds is 7. The van der Waals surface area contributed by atoms with Crippen molar-refractivity contribution in [1.29, 1.82) is 0 Å². The highest BCUT2D eigenvalue weighted by atomic mass is 16.2. The predicted molar refractivity (Wildman–Crippen MR) is 107 cm³/mol. The van der Waals surface area contributed by atoms with Gasteiger partial charge < -0.3 is 15.5 Å². The molecule has 0 radical (unpaired) electrons. The first-order chi connectivity index (χ1) is 13.1. The molecule has 3 rings (SSSR count). The van der Waals surface area contributed by atoms with Crippen molar-refractivity contribution in [2.24, 2.45) is 5.92 Å². The van der Waals surface area contributed by atoms with Gasteiger partial charge in [-0.15, -0.1) is 0 Å². The highest BCUT2D eigenvalue weighted by molar-refractivity contribution is 5.74. The van der Waals surface area contributed by atoms with Crippen molar-refractivity contribution in [3.63, 3.8) is 0 Å². The number of hydrogen-bond acceptors (Lipinski definition) is 4. The third kappa shape index (κ3) is 6.05. The van der Waals surface area contributed by atoms with Crippen molar-refractivity contribution in [3.05, 3.63) is 66.0 Å². The van der Waals surface area contributed by atoms with Gasteiger partial charge in [0.1, 0.15) is 0 Å². The summed E-state index contributed by atoms with van der Waals surface area (Å²) < 4.78 is 0.